The quantitative estimate of drug-likeness (QED) is 0.739. The number of hydrogen-bond donors (Lipinski definition) is 1. The molecule has 27 heavy (non-hydrogen) atoms. The van der Waals surface area contributed by atoms with Crippen molar-refractivity contribution in [2.45, 2.75) is 38.1 Å². The summed E-state index contributed by atoms with van der Waals surface area (Å²) >= 11 is 8.20. The molecule has 5 nitrogen and oxygen atoms in total. The van der Waals surface area contributed by atoms with Crippen molar-refractivity contribution in [1.82, 2.24) is 10.3 Å². The van der Waals surface area contributed by atoms with Gasteiger partial charge in [-0.05, 0) is 61.8 Å². The van der Waals surface area contributed by atoms with Crippen LogP contribution in [-0.4, -0.2) is 42.0 Å². The number of carbonyl (C=O) groups excluding carboxylic acids is 2. The lowest BCUT2D eigenvalue weighted by Crippen LogP contribution is -2.41. The third-order valence-electron chi connectivity index (χ3n) is 4.86. The van der Waals surface area contributed by atoms with Crippen molar-refractivity contribution in [3.05, 3.63) is 40.0 Å². The van der Waals surface area contributed by atoms with Gasteiger partial charge in [0.2, 0.25) is 0 Å². The van der Waals surface area contributed by atoms with E-state index in [1.54, 1.807) is 23.9 Å². The predicted octanol–water partition coefficient (Wildman–Crippen LogP) is 3.79. The van der Waals surface area contributed by atoms with E-state index >= 15 is 0 Å². The molecule has 0 bridgehead atoms. The average Bonchev–Trinajstić information content (AvgIpc) is 2.70. The molecule has 0 spiro atoms. The van der Waals surface area contributed by atoms with Crippen LogP contribution >= 0.6 is 23.4 Å². The summed E-state index contributed by atoms with van der Waals surface area (Å²) in [5, 5.41) is 4.38. The van der Waals surface area contributed by atoms with Crippen LogP contribution in [0, 0.1) is 0 Å². The second kappa shape index (κ2) is 8.93. The minimum absolute atomic E-state index is 0.316. The normalized spacial score (nSPS) is 14.5. The molecule has 144 valence electrons. The van der Waals surface area contributed by atoms with Gasteiger partial charge in [0.1, 0.15) is 6.04 Å². The van der Waals surface area contributed by atoms with E-state index in [0.29, 0.717) is 17.5 Å². The second-order valence-electron chi connectivity index (χ2n) is 6.62. The summed E-state index contributed by atoms with van der Waals surface area (Å²) in [5.41, 5.74) is 3.34. The molecule has 1 amide bonds. The molecule has 0 fully saturated rings. The lowest BCUT2D eigenvalue weighted by molar-refractivity contribution is -0.142. The summed E-state index contributed by atoms with van der Waals surface area (Å²) in [6, 6.07) is 4.65. The number of nitrogens with zero attached hydrogens (tertiary/aromatic N) is 1. The smallest absolute Gasteiger partial charge is 0.328 e. The number of benzene rings is 1. The van der Waals surface area contributed by atoms with Crippen molar-refractivity contribution in [3.8, 4) is 0 Å². The van der Waals surface area contributed by atoms with Crippen LogP contribution in [0.5, 0.6) is 0 Å². The van der Waals surface area contributed by atoms with E-state index in [1.807, 2.05) is 12.3 Å². The van der Waals surface area contributed by atoms with Crippen LogP contribution in [0.3, 0.4) is 0 Å². The molecule has 3 rings (SSSR count). The highest BCUT2D eigenvalue weighted by Crippen LogP contribution is 2.33. The highest BCUT2D eigenvalue weighted by atomic mass is 35.5. The Morgan fingerprint density at radius 2 is 2.11 bits per heavy atom. The SMILES string of the molecule is COC(=O)C(CCSC)NC(=O)c1ccc2c(Cl)c3c(nc2c1)CCCC3. The van der Waals surface area contributed by atoms with Gasteiger partial charge in [-0.25, -0.2) is 4.79 Å². The largest absolute Gasteiger partial charge is 0.467 e. The molecular formula is C20H23ClN2O3S. The van der Waals surface area contributed by atoms with E-state index in [-0.39, 0.29) is 5.91 Å². The second-order valence-corrected chi connectivity index (χ2v) is 7.98. The molecule has 2 aromatic rings. The summed E-state index contributed by atoms with van der Waals surface area (Å²) in [6.07, 6.45) is 6.58. The molecule has 0 saturated heterocycles. The fourth-order valence-corrected chi connectivity index (χ4v) is 4.21. The molecule has 0 aliphatic heterocycles. The van der Waals surface area contributed by atoms with Crippen LogP contribution in [0.25, 0.3) is 10.9 Å². The molecule has 0 radical (unpaired) electrons. The van der Waals surface area contributed by atoms with E-state index in [9.17, 15) is 9.59 Å². The Morgan fingerprint density at radius 1 is 1.33 bits per heavy atom. The molecule has 1 unspecified atom stereocenters. The average molecular weight is 407 g/mol. The maximum Gasteiger partial charge on any atom is 0.328 e. The Hall–Kier alpha value is -1.79. The van der Waals surface area contributed by atoms with Crippen LogP contribution in [0.15, 0.2) is 18.2 Å². The van der Waals surface area contributed by atoms with Crippen molar-refractivity contribution in [2.24, 2.45) is 0 Å². The van der Waals surface area contributed by atoms with E-state index < -0.39 is 12.0 Å². The zero-order valence-corrected chi connectivity index (χ0v) is 17.1. The van der Waals surface area contributed by atoms with Crippen LogP contribution in [0.2, 0.25) is 5.02 Å². The molecule has 1 aromatic carbocycles. The number of ether oxygens (including phenoxy) is 1. The number of halogens is 1. The van der Waals surface area contributed by atoms with Crippen molar-refractivity contribution in [1.29, 1.82) is 0 Å². The fraction of sp³-hybridized carbons (Fsp3) is 0.450. The number of aryl methyl sites for hydroxylation is 1. The van der Waals surface area contributed by atoms with Crippen molar-refractivity contribution < 1.29 is 14.3 Å². The monoisotopic (exact) mass is 406 g/mol. The molecule has 1 aliphatic rings. The summed E-state index contributed by atoms with van der Waals surface area (Å²) in [4.78, 5) is 29.3. The number of aromatic nitrogens is 1. The first-order chi connectivity index (χ1) is 13.0. The summed E-state index contributed by atoms with van der Waals surface area (Å²) in [6.45, 7) is 0. The molecule has 1 heterocycles. The number of nitrogens with one attached hydrogen (secondary N) is 1. The van der Waals surface area contributed by atoms with Crippen LogP contribution in [0.1, 0.15) is 40.9 Å². The molecule has 1 N–H and O–H groups in total. The van der Waals surface area contributed by atoms with E-state index in [4.69, 9.17) is 21.3 Å². The maximum atomic E-state index is 12.7. The Bertz CT molecular complexity index is 872. The summed E-state index contributed by atoms with van der Waals surface area (Å²) < 4.78 is 4.80. The van der Waals surface area contributed by atoms with Crippen molar-refractivity contribution in [3.63, 3.8) is 0 Å². The molecule has 1 aromatic heterocycles. The zero-order chi connectivity index (χ0) is 19.4. The number of amides is 1. The number of thioether (sulfide) groups is 1. The summed E-state index contributed by atoms with van der Waals surface area (Å²) in [5.74, 6) is -0.00128. The van der Waals surface area contributed by atoms with Crippen LogP contribution in [-0.2, 0) is 22.4 Å². The van der Waals surface area contributed by atoms with Gasteiger partial charge in [0, 0.05) is 16.6 Å². The van der Waals surface area contributed by atoms with Gasteiger partial charge in [-0.15, -0.1) is 0 Å². The van der Waals surface area contributed by atoms with Crippen LogP contribution < -0.4 is 5.32 Å². The van der Waals surface area contributed by atoms with Gasteiger partial charge in [-0.3, -0.25) is 9.78 Å². The highest BCUT2D eigenvalue weighted by Gasteiger charge is 2.23. The first kappa shape index (κ1) is 20.0. The summed E-state index contributed by atoms with van der Waals surface area (Å²) in [7, 11) is 1.33. The lowest BCUT2D eigenvalue weighted by Gasteiger charge is -2.18. The lowest BCUT2D eigenvalue weighted by atomic mass is 9.94. The molecule has 1 aliphatic carbocycles. The molecule has 0 saturated carbocycles. The number of fused-ring (bicyclic) bond motifs is 2. The first-order valence-electron chi connectivity index (χ1n) is 9.03. The highest BCUT2D eigenvalue weighted by molar-refractivity contribution is 7.98. The van der Waals surface area contributed by atoms with Gasteiger partial charge < -0.3 is 10.1 Å². The molecule has 1 atom stereocenters. The maximum absolute atomic E-state index is 12.7. The number of carbonyl (C=O) groups is 2. The van der Waals surface area contributed by atoms with Gasteiger partial charge in [-0.1, -0.05) is 17.7 Å². The van der Waals surface area contributed by atoms with Gasteiger partial charge in [-0.2, -0.15) is 11.8 Å². The Morgan fingerprint density at radius 3 is 2.85 bits per heavy atom. The number of methoxy groups -OCH3 is 1. The third-order valence-corrected chi connectivity index (χ3v) is 5.93. The standard InChI is InChI=1S/C20H23ClN2O3S/c1-26-20(25)16(9-10-27-2)23-19(24)12-7-8-14-17(11-12)22-15-6-4-3-5-13(15)18(14)21/h7-8,11,16H,3-6,9-10H2,1-2H3,(H,23,24). The third kappa shape index (κ3) is 4.38. The number of rotatable bonds is 6. The fourth-order valence-electron chi connectivity index (χ4n) is 3.38. The Labute approximate surface area is 168 Å². The number of pyridine rings is 1. The first-order valence-corrected chi connectivity index (χ1v) is 10.8. The van der Waals surface area contributed by atoms with Gasteiger partial charge in [0.25, 0.3) is 5.91 Å². The van der Waals surface area contributed by atoms with E-state index in [1.165, 1.54) is 7.11 Å². The minimum Gasteiger partial charge on any atom is -0.467 e. The zero-order valence-electron chi connectivity index (χ0n) is 15.5. The topological polar surface area (TPSA) is 68.3 Å². The molecular weight excluding hydrogens is 384 g/mol. The Balaban J connectivity index is 1.87. The van der Waals surface area contributed by atoms with Crippen LogP contribution in [0.4, 0.5) is 0 Å². The van der Waals surface area contributed by atoms with Crippen molar-refractivity contribution in [2.75, 3.05) is 19.1 Å². The Kier molecular flexibility index (Phi) is 6.60. The number of esters is 1. The van der Waals surface area contributed by atoms with E-state index in [2.05, 4.69) is 5.32 Å². The van der Waals surface area contributed by atoms with E-state index in [0.717, 1.165) is 53.1 Å². The molecule has 7 heteroatoms. The van der Waals surface area contributed by atoms with Gasteiger partial charge in [0.05, 0.1) is 17.6 Å². The number of hydrogen-bond acceptors (Lipinski definition) is 5. The van der Waals surface area contributed by atoms with Crippen molar-refractivity contribution >= 4 is 46.1 Å². The van der Waals surface area contributed by atoms with Gasteiger partial charge in [0.15, 0.2) is 0 Å². The predicted molar refractivity (Wildman–Crippen MR) is 110 cm³/mol. The van der Waals surface area contributed by atoms with Gasteiger partial charge >= 0.3 is 5.97 Å². The minimum atomic E-state index is -0.661.